The predicted octanol–water partition coefficient (Wildman–Crippen LogP) is 3.34. The molecule has 78 valence electrons. The normalized spacial score (nSPS) is 24.9. The Morgan fingerprint density at radius 1 is 1.08 bits per heavy atom. The van der Waals surface area contributed by atoms with Crippen molar-refractivity contribution < 1.29 is 0 Å². The molecule has 0 saturated carbocycles. The van der Waals surface area contributed by atoms with E-state index in [1.54, 1.807) is 0 Å². The molecule has 1 heterocycles. The highest BCUT2D eigenvalue weighted by Gasteiger charge is 2.46. The molecule has 0 bridgehead atoms. The van der Waals surface area contributed by atoms with E-state index in [0.29, 0.717) is 11.0 Å². The number of rotatable bonds is 4. The Labute approximate surface area is 83.3 Å². The Hall–Kier alpha value is -0.0400. The summed E-state index contributed by atoms with van der Waals surface area (Å²) in [6, 6.07) is 0. The van der Waals surface area contributed by atoms with Crippen molar-refractivity contribution in [2.24, 2.45) is 5.41 Å². The molecule has 1 rings (SSSR count). The first kappa shape index (κ1) is 11.0. The minimum atomic E-state index is 0.360. The van der Waals surface area contributed by atoms with Gasteiger partial charge in [-0.15, -0.1) is 0 Å². The highest BCUT2D eigenvalue weighted by atomic mass is 15.0. The largest absolute Gasteiger partial charge is 0.311 e. The van der Waals surface area contributed by atoms with Crippen molar-refractivity contribution in [2.45, 2.75) is 65.3 Å². The second-order valence-corrected chi connectivity index (χ2v) is 5.08. The Morgan fingerprint density at radius 2 is 1.62 bits per heavy atom. The molecule has 0 aliphatic carbocycles. The second kappa shape index (κ2) is 4.00. The van der Waals surface area contributed by atoms with Gasteiger partial charge in [-0.05, 0) is 45.1 Å². The van der Waals surface area contributed by atoms with E-state index in [0.717, 1.165) is 0 Å². The van der Waals surface area contributed by atoms with Gasteiger partial charge in [0.05, 0.1) is 0 Å². The molecule has 13 heavy (non-hydrogen) atoms. The van der Waals surface area contributed by atoms with Crippen LogP contribution in [0.4, 0.5) is 0 Å². The zero-order valence-electron chi connectivity index (χ0n) is 9.74. The van der Waals surface area contributed by atoms with Crippen molar-refractivity contribution in [2.75, 3.05) is 6.54 Å². The zero-order chi connectivity index (χ0) is 9.95. The van der Waals surface area contributed by atoms with Gasteiger partial charge in [-0.2, -0.15) is 0 Å². The highest BCUT2D eigenvalue weighted by Crippen LogP contribution is 2.46. The molecule has 1 aliphatic rings. The topological polar surface area (TPSA) is 12.0 Å². The molecular formula is C12H25N. The maximum absolute atomic E-state index is 3.66. The quantitative estimate of drug-likeness (QED) is 0.705. The van der Waals surface area contributed by atoms with Gasteiger partial charge in [-0.1, -0.05) is 26.7 Å². The average molecular weight is 183 g/mol. The van der Waals surface area contributed by atoms with Gasteiger partial charge in [0.1, 0.15) is 0 Å². The van der Waals surface area contributed by atoms with Crippen molar-refractivity contribution in [1.29, 1.82) is 0 Å². The minimum Gasteiger partial charge on any atom is -0.311 e. The fourth-order valence-electron chi connectivity index (χ4n) is 3.07. The van der Waals surface area contributed by atoms with Crippen molar-refractivity contribution in [1.82, 2.24) is 5.32 Å². The van der Waals surface area contributed by atoms with E-state index in [4.69, 9.17) is 0 Å². The first-order valence-corrected chi connectivity index (χ1v) is 5.83. The first-order valence-electron chi connectivity index (χ1n) is 5.83. The van der Waals surface area contributed by atoms with Crippen LogP contribution in [0.1, 0.15) is 59.8 Å². The molecule has 0 spiro atoms. The van der Waals surface area contributed by atoms with Crippen LogP contribution in [0.25, 0.3) is 0 Å². The van der Waals surface area contributed by atoms with Crippen molar-refractivity contribution >= 4 is 0 Å². The standard InChI is InChI=1S/C12H25N/c1-5-7-12(8-6-2)9-10-13-11(12,3)4/h13H,5-10H2,1-4H3. The molecular weight excluding hydrogens is 158 g/mol. The molecule has 0 atom stereocenters. The van der Waals surface area contributed by atoms with Crippen LogP contribution >= 0.6 is 0 Å². The lowest BCUT2D eigenvalue weighted by Crippen LogP contribution is -2.46. The van der Waals surface area contributed by atoms with Crippen LogP contribution in [0, 0.1) is 5.41 Å². The fourth-order valence-corrected chi connectivity index (χ4v) is 3.07. The summed E-state index contributed by atoms with van der Waals surface area (Å²) in [6.07, 6.45) is 6.81. The van der Waals surface area contributed by atoms with Crippen LogP contribution in [0.2, 0.25) is 0 Å². The van der Waals surface area contributed by atoms with E-state index in [2.05, 4.69) is 33.0 Å². The average Bonchev–Trinajstić information content (AvgIpc) is 2.29. The monoisotopic (exact) mass is 183 g/mol. The van der Waals surface area contributed by atoms with Crippen molar-refractivity contribution in [3.8, 4) is 0 Å². The Balaban J connectivity index is 2.75. The smallest absolute Gasteiger partial charge is 0.0181 e. The van der Waals surface area contributed by atoms with E-state index in [9.17, 15) is 0 Å². The van der Waals surface area contributed by atoms with Crippen molar-refractivity contribution in [3.05, 3.63) is 0 Å². The van der Waals surface area contributed by atoms with Crippen LogP contribution in [0.3, 0.4) is 0 Å². The summed E-state index contributed by atoms with van der Waals surface area (Å²) >= 11 is 0. The Kier molecular flexibility index (Phi) is 3.39. The molecule has 0 aromatic carbocycles. The molecule has 1 saturated heterocycles. The summed E-state index contributed by atoms with van der Waals surface area (Å²) in [5.41, 5.74) is 0.940. The van der Waals surface area contributed by atoms with Crippen LogP contribution in [-0.4, -0.2) is 12.1 Å². The van der Waals surface area contributed by atoms with E-state index in [1.165, 1.54) is 38.6 Å². The second-order valence-electron chi connectivity index (χ2n) is 5.08. The molecule has 0 aromatic rings. The molecule has 1 heteroatoms. The summed E-state index contributed by atoms with van der Waals surface area (Å²) in [5, 5.41) is 3.66. The third kappa shape index (κ3) is 1.90. The van der Waals surface area contributed by atoms with Crippen molar-refractivity contribution in [3.63, 3.8) is 0 Å². The number of nitrogens with one attached hydrogen (secondary N) is 1. The maximum Gasteiger partial charge on any atom is 0.0181 e. The minimum absolute atomic E-state index is 0.360. The van der Waals surface area contributed by atoms with Gasteiger partial charge in [-0.3, -0.25) is 0 Å². The van der Waals surface area contributed by atoms with E-state index < -0.39 is 0 Å². The van der Waals surface area contributed by atoms with Gasteiger partial charge in [-0.25, -0.2) is 0 Å². The van der Waals surface area contributed by atoms with Crippen LogP contribution in [0.5, 0.6) is 0 Å². The molecule has 0 unspecified atom stereocenters. The molecule has 0 aromatic heterocycles. The lowest BCUT2D eigenvalue weighted by molar-refractivity contribution is 0.137. The third-order valence-electron chi connectivity index (χ3n) is 3.95. The Morgan fingerprint density at radius 3 is 1.92 bits per heavy atom. The lowest BCUT2D eigenvalue weighted by Gasteiger charge is -2.41. The van der Waals surface area contributed by atoms with Gasteiger partial charge in [0.25, 0.3) is 0 Å². The van der Waals surface area contributed by atoms with Gasteiger partial charge in [0.15, 0.2) is 0 Å². The van der Waals surface area contributed by atoms with Crippen LogP contribution < -0.4 is 5.32 Å². The molecule has 1 fully saturated rings. The lowest BCUT2D eigenvalue weighted by atomic mass is 9.67. The van der Waals surface area contributed by atoms with E-state index in [1.807, 2.05) is 0 Å². The summed E-state index contributed by atoms with van der Waals surface area (Å²) in [5.74, 6) is 0. The molecule has 1 nitrogen and oxygen atoms in total. The predicted molar refractivity (Wildman–Crippen MR) is 58.9 cm³/mol. The number of hydrogen-bond donors (Lipinski definition) is 1. The highest BCUT2D eigenvalue weighted by molar-refractivity contribution is 5.03. The summed E-state index contributed by atoms with van der Waals surface area (Å²) in [7, 11) is 0. The first-order chi connectivity index (χ1) is 6.08. The summed E-state index contributed by atoms with van der Waals surface area (Å²) in [4.78, 5) is 0. The SMILES string of the molecule is CCCC1(CCC)CCNC1(C)C. The zero-order valence-corrected chi connectivity index (χ0v) is 9.74. The van der Waals surface area contributed by atoms with Gasteiger partial charge in [0.2, 0.25) is 0 Å². The molecule has 0 amide bonds. The van der Waals surface area contributed by atoms with Crippen LogP contribution in [0.15, 0.2) is 0 Å². The summed E-state index contributed by atoms with van der Waals surface area (Å²) in [6.45, 7) is 10.6. The summed E-state index contributed by atoms with van der Waals surface area (Å²) < 4.78 is 0. The fraction of sp³-hybridized carbons (Fsp3) is 1.00. The van der Waals surface area contributed by atoms with Gasteiger partial charge < -0.3 is 5.32 Å². The Bertz CT molecular complexity index is 155. The molecule has 0 radical (unpaired) electrons. The molecule has 1 aliphatic heterocycles. The van der Waals surface area contributed by atoms with Gasteiger partial charge >= 0.3 is 0 Å². The van der Waals surface area contributed by atoms with Gasteiger partial charge in [0, 0.05) is 5.54 Å². The molecule has 1 N–H and O–H groups in total. The van der Waals surface area contributed by atoms with Crippen LogP contribution in [-0.2, 0) is 0 Å². The van der Waals surface area contributed by atoms with E-state index >= 15 is 0 Å². The van der Waals surface area contributed by atoms with E-state index in [-0.39, 0.29) is 0 Å². The maximum atomic E-state index is 3.66. The third-order valence-corrected chi connectivity index (χ3v) is 3.95. The number of hydrogen-bond acceptors (Lipinski definition) is 1.